The van der Waals surface area contributed by atoms with Gasteiger partial charge in [0.15, 0.2) is 0 Å². The van der Waals surface area contributed by atoms with E-state index in [0.29, 0.717) is 17.7 Å². The van der Waals surface area contributed by atoms with Crippen LogP contribution in [-0.4, -0.2) is 19.4 Å². The number of benzene rings is 1. The second kappa shape index (κ2) is 5.70. The number of methoxy groups -OCH3 is 1. The quantitative estimate of drug-likeness (QED) is 0.475. The number of carbonyl (C=O) groups excluding carboxylic acids is 2. The van der Waals surface area contributed by atoms with Crippen molar-refractivity contribution in [2.45, 2.75) is 6.42 Å². The first-order valence-corrected chi connectivity index (χ1v) is 4.77. The van der Waals surface area contributed by atoms with E-state index < -0.39 is 5.97 Å². The van der Waals surface area contributed by atoms with Crippen molar-refractivity contribution >= 4 is 24.0 Å². The van der Waals surface area contributed by atoms with E-state index in [9.17, 15) is 9.59 Å². The third kappa shape index (κ3) is 2.95. The summed E-state index contributed by atoms with van der Waals surface area (Å²) >= 11 is 0. The van der Waals surface area contributed by atoms with E-state index in [1.807, 2.05) is 0 Å². The molecule has 2 N–H and O–H groups in total. The molecule has 0 spiro atoms. The average Bonchev–Trinajstić information content (AvgIpc) is 2.30. The molecule has 0 radical (unpaired) electrons. The second-order valence-electron chi connectivity index (χ2n) is 3.14. The fourth-order valence-electron chi connectivity index (χ4n) is 1.22. The Morgan fingerprint density at radius 3 is 2.88 bits per heavy atom. The fourth-order valence-corrected chi connectivity index (χ4v) is 1.22. The summed E-state index contributed by atoms with van der Waals surface area (Å²) in [7, 11) is 1.30. The molecule has 0 heterocycles. The zero-order valence-corrected chi connectivity index (χ0v) is 8.97. The largest absolute Gasteiger partial charge is 0.465 e. The first-order chi connectivity index (χ1) is 7.69. The zero-order chi connectivity index (χ0) is 12.0. The summed E-state index contributed by atoms with van der Waals surface area (Å²) in [6.45, 7) is 0. The van der Waals surface area contributed by atoms with E-state index in [-0.39, 0.29) is 0 Å². The molecular formula is C12H13NO3. The van der Waals surface area contributed by atoms with Crippen LogP contribution >= 0.6 is 0 Å². The van der Waals surface area contributed by atoms with Gasteiger partial charge in [0.2, 0.25) is 0 Å². The topological polar surface area (TPSA) is 69.4 Å². The van der Waals surface area contributed by atoms with Crippen LogP contribution < -0.4 is 5.73 Å². The van der Waals surface area contributed by atoms with Gasteiger partial charge in [0.25, 0.3) is 0 Å². The average molecular weight is 219 g/mol. The minimum absolute atomic E-state index is 0.329. The SMILES string of the molecule is COC(=O)c1cc(C=CCC=O)ccc1N. The maximum absolute atomic E-state index is 11.3. The van der Waals surface area contributed by atoms with Gasteiger partial charge in [0.1, 0.15) is 6.29 Å². The van der Waals surface area contributed by atoms with E-state index in [1.54, 1.807) is 30.4 Å². The van der Waals surface area contributed by atoms with Crippen LogP contribution in [0.15, 0.2) is 24.3 Å². The van der Waals surface area contributed by atoms with Crippen LogP contribution in [0.2, 0.25) is 0 Å². The lowest BCUT2D eigenvalue weighted by Gasteiger charge is -2.04. The van der Waals surface area contributed by atoms with Gasteiger partial charge in [-0.1, -0.05) is 18.2 Å². The Hall–Kier alpha value is -2.10. The second-order valence-corrected chi connectivity index (χ2v) is 3.14. The lowest BCUT2D eigenvalue weighted by Crippen LogP contribution is -2.05. The Morgan fingerprint density at radius 1 is 1.50 bits per heavy atom. The molecule has 0 atom stereocenters. The molecule has 84 valence electrons. The van der Waals surface area contributed by atoms with E-state index in [2.05, 4.69) is 4.74 Å². The third-order valence-corrected chi connectivity index (χ3v) is 2.03. The monoisotopic (exact) mass is 219 g/mol. The number of esters is 1. The Kier molecular flexibility index (Phi) is 4.27. The van der Waals surface area contributed by atoms with Crippen LogP contribution in [0, 0.1) is 0 Å². The lowest BCUT2D eigenvalue weighted by atomic mass is 10.1. The summed E-state index contributed by atoms with van der Waals surface area (Å²) in [5, 5.41) is 0. The van der Waals surface area contributed by atoms with Crippen LogP contribution in [0.25, 0.3) is 6.08 Å². The molecular weight excluding hydrogens is 206 g/mol. The number of nitrogens with two attached hydrogens (primary N) is 1. The molecule has 0 bridgehead atoms. The lowest BCUT2D eigenvalue weighted by molar-refractivity contribution is -0.107. The maximum Gasteiger partial charge on any atom is 0.339 e. The molecule has 1 aromatic carbocycles. The molecule has 0 aliphatic carbocycles. The molecule has 0 saturated carbocycles. The molecule has 0 amide bonds. The van der Waals surface area contributed by atoms with Gasteiger partial charge >= 0.3 is 5.97 Å². The van der Waals surface area contributed by atoms with Crippen molar-refractivity contribution in [1.82, 2.24) is 0 Å². The first-order valence-electron chi connectivity index (χ1n) is 4.77. The summed E-state index contributed by atoms with van der Waals surface area (Å²) < 4.78 is 4.60. The van der Waals surface area contributed by atoms with Gasteiger partial charge in [-0.2, -0.15) is 0 Å². The number of carbonyl (C=O) groups is 2. The number of hydrogen-bond donors (Lipinski definition) is 1. The molecule has 0 aliphatic rings. The predicted molar refractivity (Wildman–Crippen MR) is 61.9 cm³/mol. The first kappa shape index (κ1) is 12.0. The van der Waals surface area contributed by atoms with Crippen LogP contribution in [0.3, 0.4) is 0 Å². The number of rotatable bonds is 4. The fraction of sp³-hybridized carbons (Fsp3) is 0.167. The van der Waals surface area contributed by atoms with Crippen LogP contribution in [0.4, 0.5) is 5.69 Å². The summed E-state index contributed by atoms with van der Waals surface area (Å²) in [5.41, 5.74) is 7.15. The van der Waals surface area contributed by atoms with E-state index >= 15 is 0 Å². The molecule has 1 rings (SSSR count). The van der Waals surface area contributed by atoms with E-state index in [1.165, 1.54) is 7.11 Å². The van der Waals surface area contributed by atoms with Crippen molar-refractivity contribution in [2.75, 3.05) is 12.8 Å². The highest BCUT2D eigenvalue weighted by Gasteiger charge is 2.09. The van der Waals surface area contributed by atoms with E-state index in [4.69, 9.17) is 5.73 Å². The standard InChI is InChI=1S/C12H13NO3/c1-16-12(15)10-8-9(4-2-3-7-14)5-6-11(10)13/h2,4-8H,3,13H2,1H3. The molecule has 16 heavy (non-hydrogen) atoms. The smallest absolute Gasteiger partial charge is 0.339 e. The number of hydrogen-bond acceptors (Lipinski definition) is 4. The molecule has 1 aromatic rings. The minimum Gasteiger partial charge on any atom is -0.465 e. The van der Waals surface area contributed by atoms with Gasteiger partial charge in [-0.15, -0.1) is 0 Å². The number of allylic oxidation sites excluding steroid dienone is 1. The highest BCUT2D eigenvalue weighted by Crippen LogP contribution is 2.16. The van der Waals surface area contributed by atoms with Crippen LogP contribution in [0.5, 0.6) is 0 Å². The van der Waals surface area contributed by atoms with Gasteiger partial charge in [0.05, 0.1) is 12.7 Å². The maximum atomic E-state index is 11.3. The summed E-state index contributed by atoms with van der Waals surface area (Å²) in [4.78, 5) is 21.5. The van der Waals surface area contributed by atoms with Crippen molar-refractivity contribution in [3.05, 3.63) is 35.4 Å². The highest BCUT2D eigenvalue weighted by molar-refractivity contribution is 5.95. The van der Waals surface area contributed by atoms with Gasteiger partial charge in [-0.25, -0.2) is 4.79 Å². The van der Waals surface area contributed by atoms with Crippen molar-refractivity contribution in [1.29, 1.82) is 0 Å². The Morgan fingerprint density at radius 2 is 2.25 bits per heavy atom. The molecule has 0 aliphatic heterocycles. The molecule has 0 aromatic heterocycles. The third-order valence-electron chi connectivity index (χ3n) is 2.03. The van der Waals surface area contributed by atoms with Crippen molar-refractivity contribution < 1.29 is 14.3 Å². The number of aldehydes is 1. The zero-order valence-electron chi connectivity index (χ0n) is 8.97. The van der Waals surface area contributed by atoms with Crippen molar-refractivity contribution in [2.24, 2.45) is 0 Å². The normalized spacial score (nSPS) is 10.3. The number of nitrogen functional groups attached to an aromatic ring is 1. The highest BCUT2D eigenvalue weighted by atomic mass is 16.5. The molecule has 4 heteroatoms. The molecule has 4 nitrogen and oxygen atoms in total. The van der Waals surface area contributed by atoms with Gasteiger partial charge < -0.3 is 15.3 Å². The van der Waals surface area contributed by atoms with Gasteiger partial charge in [0, 0.05) is 12.1 Å². The van der Waals surface area contributed by atoms with Crippen molar-refractivity contribution in [3.8, 4) is 0 Å². The summed E-state index contributed by atoms with van der Waals surface area (Å²) in [5.74, 6) is -0.469. The summed E-state index contributed by atoms with van der Waals surface area (Å²) in [6.07, 6.45) is 4.60. The van der Waals surface area contributed by atoms with E-state index in [0.717, 1.165) is 11.8 Å². The Bertz CT molecular complexity index is 424. The Balaban J connectivity index is 2.97. The predicted octanol–water partition coefficient (Wildman–Crippen LogP) is 1.66. The minimum atomic E-state index is -0.469. The van der Waals surface area contributed by atoms with Crippen molar-refractivity contribution in [3.63, 3.8) is 0 Å². The summed E-state index contributed by atoms with van der Waals surface area (Å²) in [6, 6.07) is 5.03. The van der Waals surface area contributed by atoms with Gasteiger partial charge in [-0.05, 0) is 17.7 Å². The molecule has 0 saturated heterocycles. The van der Waals surface area contributed by atoms with Crippen LogP contribution in [0.1, 0.15) is 22.3 Å². The van der Waals surface area contributed by atoms with Crippen LogP contribution in [-0.2, 0) is 9.53 Å². The van der Waals surface area contributed by atoms with Gasteiger partial charge in [-0.3, -0.25) is 0 Å². The Labute approximate surface area is 93.7 Å². The number of anilines is 1. The number of ether oxygens (including phenoxy) is 1. The molecule has 0 fully saturated rings. The molecule has 0 unspecified atom stereocenters.